The Morgan fingerprint density at radius 1 is 0.948 bits per heavy atom. The fourth-order valence-electron chi connectivity index (χ4n) is 9.54. The van der Waals surface area contributed by atoms with E-state index in [1.54, 1.807) is 69.3 Å². The van der Waals surface area contributed by atoms with Crippen LogP contribution in [0.3, 0.4) is 0 Å². The first-order chi connectivity index (χ1) is 27.0. The van der Waals surface area contributed by atoms with E-state index in [0.717, 1.165) is 6.92 Å². The zero-order chi connectivity index (χ0) is 42.7. The second kappa shape index (κ2) is 15.2. The van der Waals surface area contributed by atoms with Gasteiger partial charge in [-0.25, -0.2) is 14.4 Å². The standard InChI is InChI=1S/C43H53NO14/c1-22-26(55-37(51)32(48)30(24-15-11-9-12-16-24)44-38(52)58-39(3,4)5)20-43(53)35(56-36(50)25-17-13-10-14-18-25)33-41(8,34(49)31(47)29(22)40(43,6)7)27(46)19-28-42(33,21-54-28)57-23(2)45/h9-18,26-28,30,32-35,46,48-49,53H,19-21H2,1-8H3,(H,44,52)/t26-,27-,28+,30+,32-,33?,34?,35-,41+,42-,43+/m0/s1. The van der Waals surface area contributed by atoms with Gasteiger partial charge in [0.25, 0.3) is 0 Å². The van der Waals surface area contributed by atoms with E-state index < -0.39 is 112 Å². The van der Waals surface area contributed by atoms with Gasteiger partial charge in [0, 0.05) is 36.2 Å². The first-order valence-electron chi connectivity index (χ1n) is 19.3. The summed E-state index contributed by atoms with van der Waals surface area (Å²) in [6, 6.07) is 14.6. The molecule has 0 aromatic heterocycles. The summed E-state index contributed by atoms with van der Waals surface area (Å²) in [5.41, 5.74) is -8.21. The van der Waals surface area contributed by atoms with Crippen LogP contribution in [0, 0.1) is 16.7 Å². The second-order valence-electron chi connectivity index (χ2n) is 17.6. The maximum atomic E-state index is 14.8. The Balaban J connectivity index is 1.49. The zero-order valence-electron chi connectivity index (χ0n) is 33.9. The highest BCUT2D eigenvalue weighted by atomic mass is 16.6. The number of aliphatic hydroxyl groups is 4. The Kier molecular flexibility index (Phi) is 11.2. The number of ether oxygens (including phenoxy) is 5. The van der Waals surface area contributed by atoms with Gasteiger partial charge < -0.3 is 49.4 Å². The van der Waals surface area contributed by atoms with Gasteiger partial charge in [-0.15, -0.1) is 0 Å². The van der Waals surface area contributed by atoms with Crippen molar-refractivity contribution in [1.29, 1.82) is 0 Å². The number of fused-ring (bicyclic) bond motifs is 5. The van der Waals surface area contributed by atoms with Crippen LogP contribution in [0.1, 0.15) is 90.2 Å². The van der Waals surface area contributed by atoms with E-state index in [9.17, 15) is 44.4 Å². The van der Waals surface area contributed by atoms with Gasteiger partial charge in [-0.1, -0.05) is 69.3 Å². The first-order valence-corrected chi connectivity index (χ1v) is 19.3. The number of amides is 1. The molecule has 1 heterocycles. The second-order valence-corrected chi connectivity index (χ2v) is 17.6. The van der Waals surface area contributed by atoms with Crippen LogP contribution in [-0.2, 0) is 38.1 Å². The molecule has 314 valence electrons. The van der Waals surface area contributed by atoms with E-state index in [1.165, 1.54) is 39.8 Å². The first kappa shape index (κ1) is 42.9. The number of ketones is 1. The van der Waals surface area contributed by atoms with Gasteiger partial charge in [-0.05, 0) is 51.0 Å². The van der Waals surface area contributed by atoms with Gasteiger partial charge in [0.05, 0.1) is 30.2 Å². The van der Waals surface area contributed by atoms with Crippen molar-refractivity contribution >= 4 is 29.8 Å². The lowest BCUT2D eigenvalue weighted by Gasteiger charge is -2.68. The normalized spacial score (nSPS) is 33.7. The molecule has 3 fully saturated rings. The van der Waals surface area contributed by atoms with Crippen molar-refractivity contribution < 1.29 is 68.1 Å². The van der Waals surface area contributed by atoms with E-state index in [2.05, 4.69) is 5.32 Å². The fraction of sp³-hybridized carbons (Fsp3) is 0.558. The molecule has 15 nitrogen and oxygen atoms in total. The molecule has 2 aromatic carbocycles. The Labute approximate surface area is 336 Å². The number of esters is 3. The number of aliphatic hydroxyl groups excluding tert-OH is 3. The minimum absolute atomic E-state index is 0.0851. The molecule has 5 N–H and O–H groups in total. The van der Waals surface area contributed by atoms with Gasteiger partial charge in [0.2, 0.25) is 0 Å². The van der Waals surface area contributed by atoms with Crippen LogP contribution in [0.5, 0.6) is 0 Å². The minimum Gasteiger partial charge on any atom is -0.456 e. The highest BCUT2D eigenvalue weighted by Crippen LogP contribution is 2.64. The smallest absolute Gasteiger partial charge is 0.408 e. The zero-order valence-corrected chi connectivity index (χ0v) is 33.9. The molecule has 2 saturated carbocycles. The van der Waals surface area contributed by atoms with E-state index in [-0.39, 0.29) is 29.7 Å². The number of Topliss-reactive ketones (excluding diaryl/α,β-unsaturated/α-hetero) is 1. The third kappa shape index (κ3) is 7.10. The lowest BCUT2D eigenvalue weighted by atomic mass is 9.44. The fourth-order valence-corrected chi connectivity index (χ4v) is 9.54. The molecule has 11 atom stereocenters. The van der Waals surface area contributed by atoms with Crippen molar-refractivity contribution in [2.24, 2.45) is 16.7 Å². The molecule has 3 aliphatic carbocycles. The minimum atomic E-state index is -2.37. The number of alkyl carbamates (subject to hydrolysis) is 1. The molecule has 2 aromatic rings. The molecule has 1 amide bonds. The van der Waals surface area contributed by atoms with E-state index >= 15 is 0 Å². The van der Waals surface area contributed by atoms with Crippen LogP contribution in [0.2, 0.25) is 0 Å². The van der Waals surface area contributed by atoms with Gasteiger partial charge in [-0.3, -0.25) is 9.59 Å². The summed E-state index contributed by atoms with van der Waals surface area (Å²) in [5.74, 6) is -5.32. The lowest BCUT2D eigenvalue weighted by molar-refractivity contribution is -0.357. The molecule has 58 heavy (non-hydrogen) atoms. The van der Waals surface area contributed by atoms with E-state index in [0.29, 0.717) is 5.56 Å². The van der Waals surface area contributed by atoms with Gasteiger partial charge in [-0.2, -0.15) is 0 Å². The van der Waals surface area contributed by atoms with Crippen molar-refractivity contribution in [3.8, 4) is 0 Å². The molecule has 2 bridgehead atoms. The van der Waals surface area contributed by atoms with Crippen molar-refractivity contribution in [2.75, 3.05) is 6.61 Å². The number of rotatable bonds is 8. The van der Waals surface area contributed by atoms with Gasteiger partial charge in [0.1, 0.15) is 35.6 Å². The predicted molar refractivity (Wildman–Crippen MR) is 204 cm³/mol. The average molecular weight is 808 g/mol. The Morgan fingerprint density at radius 2 is 1.55 bits per heavy atom. The predicted octanol–water partition coefficient (Wildman–Crippen LogP) is 3.26. The van der Waals surface area contributed by atoms with E-state index in [1.807, 2.05) is 0 Å². The van der Waals surface area contributed by atoms with Gasteiger partial charge >= 0.3 is 24.0 Å². The Bertz CT molecular complexity index is 1980. The van der Waals surface area contributed by atoms with Crippen LogP contribution in [-0.4, -0.2) is 110 Å². The van der Waals surface area contributed by atoms with Crippen molar-refractivity contribution in [3.63, 3.8) is 0 Å². The summed E-state index contributed by atoms with van der Waals surface area (Å²) in [4.78, 5) is 68.8. The van der Waals surface area contributed by atoms with Gasteiger partial charge in [0.15, 0.2) is 17.5 Å². The van der Waals surface area contributed by atoms with Crippen molar-refractivity contribution in [2.45, 2.75) is 128 Å². The molecule has 1 aliphatic heterocycles. The number of nitrogens with one attached hydrogen (secondary N) is 1. The third-order valence-electron chi connectivity index (χ3n) is 12.6. The Hall–Kier alpha value is -4.67. The SMILES string of the molecule is CC(=O)O[C@@]12CO[C@@H]1C[C@H](O)[C@@]1(C)C(O)C(=O)C3=C(C)[C@@H](OC(=O)[C@@H](O)[C@H](NC(=O)OC(C)(C)C)c4ccccc4)C[C@@](O)([C@@H](OC(=O)c4ccccc4)C12)C3(C)C. The molecule has 15 heteroatoms. The highest BCUT2D eigenvalue weighted by molar-refractivity contribution is 6.02. The monoisotopic (exact) mass is 807 g/mol. The number of carbonyl (C=O) groups excluding carboxylic acids is 5. The number of carbonyl (C=O) groups is 5. The molecule has 6 rings (SSSR count). The molecule has 2 unspecified atom stereocenters. The van der Waals surface area contributed by atoms with Crippen LogP contribution >= 0.6 is 0 Å². The summed E-state index contributed by atoms with van der Waals surface area (Å²) in [6.45, 7) is 11.8. The lowest BCUT2D eigenvalue weighted by Crippen LogP contribution is -2.82. The van der Waals surface area contributed by atoms with Crippen molar-refractivity contribution in [1.82, 2.24) is 5.32 Å². The number of benzene rings is 2. The summed E-state index contributed by atoms with van der Waals surface area (Å²) < 4.78 is 29.5. The number of hydrogen-bond acceptors (Lipinski definition) is 14. The number of hydrogen-bond donors (Lipinski definition) is 5. The third-order valence-corrected chi connectivity index (χ3v) is 12.6. The molecule has 1 saturated heterocycles. The van der Waals surface area contributed by atoms with Crippen LogP contribution < -0.4 is 5.32 Å². The molecular formula is C43H53NO14. The van der Waals surface area contributed by atoms with Crippen molar-refractivity contribution in [3.05, 3.63) is 82.9 Å². The van der Waals surface area contributed by atoms with Crippen LogP contribution in [0.25, 0.3) is 0 Å². The molecule has 4 aliphatic rings. The maximum absolute atomic E-state index is 14.8. The average Bonchev–Trinajstić information content (AvgIpc) is 3.14. The molecule has 0 radical (unpaired) electrons. The molecule has 0 spiro atoms. The summed E-state index contributed by atoms with van der Waals surface area (Å²) >= 11 is 0. The Morgan fingerprint density at radius 3 is 2.10 bits per heavy atom. The maximum Gasteiger partial charge on any atom is 0.408 e. The highest BCUT2D eigenvalue weighted by Gasteiger charge is 2.78. The quantitative estimate of drug-likeness (QED) is 0.191. The van der Waals surface area contributed by atoms with Crippen LogP contribution in [0.4, 0.5) is 4.79 Å². The topological polar surface area (TPSA) is 224 Å². The largest absolute Gasteiger partial charge is 0.456 e. The van der Waals surface area contributed by atoms with Crippen LogP contribution in [0.15, 0.2) is 71.8 Å². The summed E-state index contributed by atoms with van der Waals surface area (Å²) in [5, 5.41) is 51.7. The summed E-state index contributed by atoms with van der Waals surface area (Å²) in [7, 11) is 0. The van der Waals surface area contributed by atoms with E-state index in [4.69, 9.17) is 23.7 Å². The summed E-state index contributed by atoms with van der Waals surface area (Å²) in [6.07, 6.45) is -11.4. The molecular weight excluding hydrogens is 754 g/mol.